The third kappa shape index (κ3) is 3.74. The first-order valence-corrected chi connectivity index (χ1v) is 7.38. The zero-order valence-corrected chi connectivity index (χ0v) is 12.2. The third-order valence-electron chi connectivity index (χ3n) is 3.52. The molecule has 1 atom stereocenters. The van der Waals surface area contributed by atoms with E-state index in [2.05, 4.69) is 0 Å². The summed E-state index contributed by atoms with van der Waals surface area (Å²) in [6.07, 6.45) is 2.27. The quantitative estimate of drug-likeness (QED) is 0.892. The van der Waals surface area contributed by atoms with Crippen molar-refractivity contribution in [2.75, 3.05) is 0 Å². The number of aliphatic hydroxyl groups is 1. The fraction of sp³-hybridized carbons (Fsp3) is 0.294. The summed E-state index contributed by atoms with van der Waals surface area (Å²) in [5, 5.41) is 10.6. The maximum absolute atomic E-state index is 13.0. The van der Waals surface area contributed by atoms with E-state index in [1.807, 2.05) is 24.3 Å². The van der Waals surface area contributed by atoms with Crippen LogP contribution >= 0.6 is 11.6 Å². The van der Waals surface area contributed by atoms with E-state index in [1.54, 1.807) is 6.07 Å². The van der Waals surface area contributed by atoms with Gasteiger partial charge in [0.15, 0.2) is 0 Å². The molecule has 1 aliphatic carbocycles. The van der Waals surface area contributed by atoms with Crippen molar-refractivity contribution >= 4 is 11.6 Å². The summed E-state index contributed by atoms with van der Waals surface area (Å²) in [5.41, 5.74) is 1.52. The molecular weight excluding hydrogens is 291 g/mol. The molecule has 0 bridgehead atoms. The molecule has 2 aromatic rings. The Bertz CT molecular complexity index is 623. The molecule has 1 fully saturated rings. The molecule has 0 saturated heterocycles. The highest BCUT2D eigenvalue weighted by atomic mass is 35.5. The van der Waals surface area contributed by atoms with Crippen molar-refractivity contribution in [3.05, 3.63) is 64.4 Å². The molecule has 0 heterocycles. The molecule has 0 amide bonds. The Morgan fingerprint density at radius 1 is 1.19 bits per heavy atom. The summed E-state index contributed by atoms with van der Waals surface area (Å²) in [4.78, 5) is 0. The Balaban J connectivity index is 1.67. The lowest BCUT2D eigenvalue weighted by Gasteiger charge is -2.13. The minimum atomic E-state index is -0.678. The van der Waals surface area contributed by atoms with Crippen LogP contribution in [-0.2, 0) is 6.42 Å². The Morgan fingerprint density at radius 2 is 1.90 bits per heavy atom. The molecule has 21 heavy (non-hydrogen) atoms. The van der Waals surface area contributed by atoms with E-state index in [-0.39, 0.29) is 5.82 Å². The monoisotopic (exact) mass is 306 g/mol. The van der Waals surface area contributed by atoms with Gasteiger partial charge in [-0.3, -0.25) is 0 Å². The molecule has 0 aromatic heterocycles. The van der Waals surface area contributed by atoms with Crippen LogP contribution in [0.3, 0.4) is 0 Å². The van der Waals surface area contributed by atoms with Gasteiger partial charge < -0.3 is 9.84 Å². The fourth-order valence-corrected chi connectivity index (χ4v) is 2.40. The standard InChI is InChI=1S/C17H16ClFO2/c18-16-10-13(19)4-1-12(16)9-17(20)11-2-5-14(6-3-11)21-15-7-8-15/h1-6,10,15,17,20H,7-9H2. The number of hydrogen-bond acceptors (Lipinski definition) is 2. The summed E-state index contributed by atoms with van der Waals surface area (Å²) < 4.78 is 18.7. The van der Waals surface area contributed by atoms with Crippen molar-refractivity contribution in [1.82, 2.24) is 0 Å². The molecule has 110 valence electrons. The second kappa shape index (κ2) is 6.04. The van der Waals surface area contributed by atoms with E-state index in [4.69, 9.17) is 16.3 Å². The van der Waals surface area contributed by atoms with Gasteiger partial charge in [-0.15, -0.1) is 0 Å². The normalized spacial score (nSPS) is 15.8. The number of ether oxygens (including phenoxy) is 1. The summed E-state index contributed by atoms with van der Waals surface area (Å²) in [5.74, 6) is 0.452. The van der Waals surface area contributed by atoms with Gasteiger partial charge in [0, 0.05) is 11.4 Å². The lowest BCUT2D eigenvalue weighted by Crippen LogP contribution is -2.03. The SMILES string of the molecule is OC(Cc1ccc(F)cc1Cl)c1ccc(OC2CC2)cc1. The number of benzene rings is 2. The van der Waals surface area contributed by atoms with Gasteiger partial charge in [-0.25, -0.2) is 4.39 Å². The molecule has 0 spiro atoms. The van der Waals surface area contributed by atoms with Crippen molar-refractivity contribution in [2.24, 2.45) is 0 Å². The summed E-state index contributed by atoms with van der Waals surface area (Å²) >= 11 is 5.98. The molecule has 0 aliphatic heterocycles. The van der Waals surface area contributed by atoms with Crippen molar-refractivity contribution in [3.8, 4) is 5.75 Å². The highest BCUT2D eigenvalue weighted by molar-refractivity contribution is 6.31. The molecule has 4 heteroatoms. The predicted molar refractivity (Wildman–Crippen MR) is 80.2 cm³/mol. The Hall–Kier alpha value is -1.58. The molecule has 1 N–H and O–H groups in total. The minimum absolute atomic E-state index is 0.336. The van der Waals surface area contributed by atoms with Crippen LogP contribution in [-0.4, -0.2) is 11.2 Å². The lowest BCUT2D eigenvalue weighted by atomic mass is 10.0. The van der Waals surface area contributed by atoms with Gasteiger partial charge >= 0.3 is 0 Å². The van der Waals surface area contributed by atoms with E-state index in [9.17, 15) is 9.50 Å². The van der Waals surface area contributed by atoms with Gasteiger partial charge in [-0.1, -0.05) is 29.8 Å². The number of rotatable bonds is 5. The molecule has 0 radical (unpaired) electrons. The second-order valence-electron chi connectivity index (χ2n) is 5.34. The lowest BCUT2D eigenvalue weighted by molar-refractivity contribution is 0.178. The van der Waals surface area contributed by atoms with Crippen molar-refractivity contribution in [1.29, 1.82) is 0 Å². The average molecular weight is 307 g/mol. The van der Waals surface area contributed by atoms with Crippen molar-refractivity contribution < 1.29 is 14.2 Å². The molecule has 1 saturated carbocycles. The molecule has 1 aliphatic rings. The Morgan fingerprint density at radius 3 is 2.52 bits per heavy atom. The van der Waals surface area contributed by atoms with Gasteiger partial charge in [0.2, 0.25) is 0 Å². The number of halogens is 2. The van der Waals surface area contributed by atoms with Crippen LogP contribution in [0.25, 0.3) is 0 Å². The van der Waals surface area contributed by atoms with Gasteiger partial charge in [-0.05, 0) is 48.2 Å². The van der Waals surface area contributed by atoms with Gasteiger partial charge in [0.1, 0.15) is 11.6 Å². The number of hydrogen-bond donors (Lipinski definition) is 1. The highest BCUT2D eigenvalue weighted by Crippen LogP contribution is 2.29. The maximum Gasteiger partial charge on any atom is 0.124 e. The van der Waals surface area contributed by atoms with Crippen LogP contribution in [0.2, 0.25) is 5.02 Å². The molecular formula is C17H16ClFO2. The van der Waals surface area contributed by atoms with Crippen molar-refractivity contribution in [3.63, 3.8) is 0 Å². The summed E-state index contributed by atoms with van der Waals surface area (Å²) in [6, 6.07) is 11.6. The molecule has 2 aromatic carbocycles. The second-order valence-corrected chi connectivity index (χ2v) is 5.75. The first-order chi connectivity index (χ1) is 10.1. The van der Waals surface area contributed by atoms with Crippen LogP contribution in [0.1, 0.15) is 30.1 Å². The van der Waals surface area contributed by atoms with Crippen LogP contribution in [0.4, 0.5) is 4.39 Å². The van der Waals surface area contributed by atoms with Crippen LogP contribution in [0.5, 0.6) is 5.75 Å². The minimum Gasteiger partial charge on any atom is -0.490 e. The predicted octanol–water partition coefficient (Wildman–Crippen LogP) is 4.30. The maximum atomic E-state index is 13.0. The van der Waals surface area contributed by atoms with Crippen LogP contribution < -0.4 is 4.74 Å². The van der Waals surface area contributed by atoms with Crippen LogP contribution in [0.15, 0.2) is 42.5 Å². The zero-order chi connectivity index (χ0) is 14.8. The Labute approximate surface area is 128 Å². The topological polar surface area (TPSA) is 29.5 Å². The van der Waals surface area contributed by atoms with Gasteiger partial charge in [-0.2, -0.15) is 0 Å². The Kier molecular flexibility index (Phi) is 4.13. The summed E-state index contributed by atoms with van der Waals surface area (Å²) in [6.45, 7) is 0. The molecule has 3 rings (SSSR count). The first-order valence-electron chi connectivity index (χ1n) is 7.00. The number of aliphatic hydroxyl groups excluding tert-OH is 1. The van der Waals surface area contributed by atoms with E-state index in [0.29, 0.717) is 17.5 Å². The smallest absolute Gasteiger partial charge is 0.124 e. The highest BCUT2D eigenvalue weighted by Gasteiger charge is 2.23. The third-order valence-corrected chi connectivity index (χ3v) is 3.87. The summed E-state index contributed by atoms with van der Waals surface area (Å²) in [7, 11) is 0. The largest absolute Gasteiger partial charge is 0.490 e. The van der Waals surface area contributed by atoms with Crippen molar-refractivity contribution in [2.45, 2.75) is 31.5 Å². The zero-order valence-electron chi connectivity index (χ0n) is 11.4. The fourth-order valence-electron chi connectivity index (χ4n) is 2.16. The van der Waals surface area contributed by atoms with E-state index in [1.165, 1.54) is 12.1 Å². The van der Waals surface area contributed by atoms with E-state index in [0.717, 1.165) is 29.7 Å². The molecule has 1 unspecified atom stereocenters. The molecule has 2 nitrogen and oxygen atoms in total. The van der Waals surface area contributed by atoms with Gasteiger partial charge in [0.05, 0.1) is 12.2 Å². The van der Waals surface area contributed by atoms with E-state index < -0.39 is 6.10 Å². The average Bonchev–Trinajstić information content (AvgIpc) is 3.26. The van der Waals surface area contributed by atoms with E-state index >= 15 is 0 Å². The van der Waals surface area contributed by atoms with Gasteiger partial charge in [0.25, 0.3) is 0 Å². The first kappa shape index (κ1) is 14.4. The van der Waals surface area contributed by atoms with Crippen LogP contribution in [0, 0.1) is 5.82 Å².